The predicted octanol–water partition coefficient (Wildman–Crippen LogP) is 9.55. The molecule has 3 aromatic rings. The topological polar surface area (TPSA) is 0 Å². The van der Waals surface area contributed by atoms with Gasteiger partial charge in [-0.25, -0.2) is 13.2 Å². The average molecular weight is 451 g/mol. The lowest BCUT2D eigenvalue weighted by atomic mass is 9.78. The molecule has 3 heteroatoms. The molecular weight excluding hydrogens is 417 g/mol. The van der Waals surface area contributed by atoms with Crippen LogP contribution in [-0.2, 0) is 6.42 Å². The first kappa shape index (κ1) is 23.6. The van der Waals surface area contributed by atoms with E-state index in [9.17, 15) is 8.78 Å². The van der Waals surface area contributed by atoms with Crippen molar-refractivity contribution in [1.29, 1.82) is 0 Å². The summed E-state index contributed by atoms with van der Waals surface area (Å²) in [4.78, 5) is 0. The molecular formula is C30H33F3. The number of halogens is 3. The highest BCUT2D eigenvalue weighted by Gasteiger charge is 2.23. The van der Waals surface area contributed by atoms with Crippen LogP contribution in [0.15, 0.2) is 60.7 Å². The van der Waals surface area contributed by atoms with Crippen molar-refractivity contribution in [2.75, 3.05) is 0 Å². The van der Waals surface area contributed by atoms with Gasteiger partial charge in [-0.05, 0) is 53.9 Å². The third-order valence-corrected chi connectivity index (χ3v) is 7.41. The van der Waals surface area contributed by atoms with Gasteiger partial charge in [0.05, 0.1) is 5.56 Å². The van der Waals surface area contributed by atoms with E-state index < -0.39 is 17.8 Å². The van der Waals surface area contributed by atoms with Crippen molar-refractivity contribution < 1.29 is 13.2 Å². The minimum atomic E-state index is -2.89. The van der Waals surface area contributed by atoms with Crippen molar-refractivity contribution in [2.24, 2.45) is 11.8 Å². The molecule has 0 bridgehead atoms. The molecule has 0 spiro atoms. The molecule has 0 unspecified atom stereocenters. The van der Waals surface area contributed by atoms with E-state index in [0.29, 0.717) is 11.1 Å². The highest BCUT2D eigenvalue weighted by molar-refractivity contribution is 5.75. The molecule has 0 saturated heterocycles. The van der Waals surface area contributed by atoms with Gasteiger partial charge < -0.3 is 0 Å². The van der Waals surface area contributed by atoms with Crippen molar-refractivity contribution in [1.82, 2.24) is 0 Å². The van der Waals surface area contributed by atoms with Gasteiger partial charge in [0.1, 0.15) is 5.82 Å². The average Bonchev–Trinajstić information content (AvgIpc) is 2.83. The zero-order valence-electron chi connectivity index (χ0n) is 19.6. The quantitative estimate of drug-likeness (QED) is 0.336. The van der Waals surface area contributed by atoms with E-state index in [-0.39, 0.29) is 11.1 Å². The number of rotatable bonds is 7. The van der Waals surface area contributed by atoms with Gasteiger partial charge in [-0.15, -0.1) is 0 Å². The third-order valence-electron chi connectivity index (χ3n) is 7.41. The third kappa shape index (κ3) is 5.51. The maximum Gasteiger partial charge on any atom is 0.267 e. The number of hydrogen-bond acceptors (Lipinski definition) is 0. The standard InChI is InChI=1S/C30H33F3/c1-3-21-6-8-22(9-7-21)10-11-23-12-16-24(17-13-23)26-18-19-27(29(31)28(26)30(32)33)25-14-4-20(2)5-15-25/h4-5,12-19,21-22,30H,3,6-11H2,1-2H3. The van der Waals surface area contributed by atoms with E-state index >= 15 is 4.39 Å². The Kier molecular flexibility index (Phi) is 7.57. The fraction of sp³-hybridized carbons (Fsp3) is 0.400. The summed E-state index contributed by atoms with van der Waals surface area (Å²) in [7, 11) is 0. The van der Waals surface area contributed by atoms with E-state index in [2.05, 4.69) is 6.92 Å². The predicted molar refractivity (Wildman–Crippen MR) is 131 cm³/mol. The molecule has 1 saturated carbocycles. The first-order valence-corrected chi connectivity index (χ1v) is 12.2. The van der Waals surface area contributed by atoms with Crippen molar-refractivity contribution in [2.45, 2.75) is 65.2 Å². The molecule has 174 valence electrons. The van der Waals surface area contributed by atoms with Crippen LogP contribution in [0.1, 0.15) is 68.6 Å². The van der Waals surface area contributed by atoms with Gasteiger partial charge in [-0.3, -0.25) is 0 Å². The normalized spacial score (nSPS) is 18.6. The molecule has 4 rings (SSSR count). The van der Waals surface area contributed by atoms with Gasteiger partial charge in [-0.1, -0.05) is 105 Å². The van der Waals surface area contributed by atoms with E-state index in [4.69, 9.17) is 0 Å². The number of hydrogen-bond donors (Lipinski definition) is 0. The molecule has 0 amide bonds. The van der Waals surface area contributed by atoms with Crippen molar-refractivity contribution in [3.63, 3.8) is 0 Å². The van der Waals surface area contributed by atoms with Crippen LogP contribution in [0.25, 0.3) is 22.3 Å². The Morgan fingerprint density at radius 3 is 1.91 bits per heavy atom. The largest absolute Gasteiger partial charge is 0.267 e. The molecule has 0 aliphatic heterocycles. The van der Waals surface area contributed by atoms with E-state index in [1.807, 2.05) is 43.3 Å². The molecule has 1 fully saturated rings. The Bertz CT molecular complexity index is 1040. The Morgan fingerprint density at radius 2 is 1.30 bits per heavy atom. The fourth-order valence-corrected chi connectivity index (χ4v) is 5.16. The fourth-order valence-electron chi connectivity index (χ4n) is 5.16. The second-order valence-corrected chi connectivity index (χ2v) is 9.59. The van der Waals surface area contributed by atoms with Crippen LogP contribution in [0.5, 0.6) is 0 Å². The molecule has 1 aliphatic carbocycles. The summed E-state index contributed by atoms with van der Waals surface area (Å²) in [6.45, 7) is 4.22. The highest BCUT2D eigenvalue weighted by Crippen LogP contribution is 2.38. The maximum atomic E-state index is 15.2. The number of benzene rings is 3. The Labute approximate surface area is 195 Å². The van der Waals surface area contributed by atoms with Gasteiger partial charge in [0.25, 0.3) is 6.43 Å². The second kappa shape index (κ2) is 10.6. The van der Waals surface area contributed by atoms with Crippen LogP contribution >= 0.6 is 0 Å². The Balaban J connectivity index is 1.51. The van der Waals surface area contributed by atoms with Crippen molar-refractivity contribution in [3.05, 3.63) is 83.2 Å². The van der Waals surface area contributed by atoms with Crippen molar-refractivity contribution in [3.8, 4) is 22.3 Å². The van der Waals surface area contributed by atoms with Gasteiger partial charge in [0, 0.05) is 5.56 Å². The van der Waals surface area contributed by atoms with E-state index in [0.717, 1.165) is 23.8 Å². The molecule has 0 nitrogen and oxygen atoms in total. The zero-order chi connectivity index (χ0) is 23.4. The summed E-state index contributed by atoms with van der Waals surface area (Å²) in [5.41, 5.74) is 3.45. The minimum absolute atomic E-state index is 0.212. The van der Waals surface area contributed by atoms with E-state index in [1.165, 1.54) is 44.1 Å². The first-order chi connectivity index (χ1) is 16.0. The van der Waals surface area contributed by atoms with Crippen molar-refractivity contribution >= 4 is 0 Å². The monoisotopic (exact) mass is 450 g/mol. The lowest BCUT2D eigenvalue weighted by Crippen LogP contribution is -2.14. The summed E-state index contributed by atoms with van der Waals surface area (Å²) in [5, 5.41) is 0. The molecule has 1 aliphatic rings. The summed E-state index contributed by atoms with van der Waals surface area (Å²) in [5.74, 6) is 0.863. The Hall–Kier alpha value is -2.55. The molecule has 0 aromatic heterocycles. The van der Waals surface area contributed by atoms with Crippen LogP contribution in [0, 0.1) is 24.6 Å². The SMILES string of the molecule is CCC1CCC(CCc2ccc(-c3ccc(-c4ccc(C)cc4)c(F)c3C(F)F)cc2)CC1. The van der Waals surface area contributed by atoms with E-state index in [1.54, 1.807) is 24.3 Å². The minimum Gasteiger partial charge on any atom is -0.206 e. The number of alkyl halides is 2. The molecule has 0 heterocycles. The second-order valence-electron chi connectivity index (χ2n) is 9.59. The van der Waals surface area contributed by atoms with Gasteiger partial charge in [-0.2, -0.15) is 0 Å². The summed E-state index contributed by atoms with van der Waals surface area (Å²) < 4.78 is 43.1. The molecule has 3 aromatic carbocycles. The first-order valence-electron chi connectivity index (χ1n) is 12.2. The molecule has 0 atom stereocenters. The summed E-state index contributed by atoms with van der Waals surface area (Å²) >= 11 is 0. The Morgan fingerprint density at radius 1 is 0.758 bits per heavy atom. The van der Waals surface area contributed by atoms with Gasteiger partial charge in [0.2, 0.25) is 0 Å². The van der Waals surface area contributed by atoms with Gasteiger partial charge in [0.15, 0.2) is 0 Å². The molecule has 33 heavy (non-hydrogen) atoms. The van der Waals surface area contributed by atoms with Crippen LogP contribution < -0.4 is 0 Å². The summed E-state index contributed by atoms with van der Waals surface area (Å²) in [6.07, 6.45) is 5.93. The smallest absolute Gasteiger partial charge is 0.206 e. The lowest BCUT2D eigenvalue weighted by Gasteiger charge is -2.27. The van der Waals surface area contributed by atoms with Crippen LogP contribution in [0.4, 0.5) is 13.2 Å². The zero-order valence-corrected chi connectivity index (χ0v) is 19.6. The van der Waals surface area contributed by atoms with Crippen LogP contribution in [0.3, 0.4) is 0 Å². The summed E-state index contributed by atoms with van der Waals surface area (Å²) in [6, 6.07) is 18.2. The number of aryl methyl sites for hydroxylation is 2. The molecule has 0 N–H and O–H groups in total. The maximum absolute atomic E-state index is 15.2. The molecule has 0 radical (unpaired) electrons. The van der Waals surface area contributed by atoms with Crippen LogP contribution in [-0.4, -0.2) is 0 Å². The lowest BCUT2D eigenvalue weighted by molar-refractivity contribution is 0.147. The highest BCUT2D eigenvalue weighted by atomic mass is 19.3. The van der Waals surface area contributed by atoms with Crippen LogP contribution in [0.2, 0.25) is 0 Å². The van der Waals surface area contributed by atoms with Gasteiger partial charge >= 0.3 is 0 Å².